The van der Waals surface area contributed by atoms with Crippen molar-refractivity contribution in [2.45, 2.75) is 92.4 Å². The molecule has 1 heterocycles. The van der Waals surface area contributed by atoms with Crippen molar-refractivity contribution in [2.75, 3.05) is 0 Å². The second-order valence-electron chi connectivity index (χ2n) is 12.9. The topological polar surface area (TPSA) is 50.2 Å². The monoisotopic (exact) mass is 703 g/mol. The van der Waals surface area contributed by atoms with Crippen LogP contribution in [0.3, 0.4) is 0 Å². The van der Waals surface area contributed by atoms with Gasteiger partial charge in [-0.05, 0) is 78.0 Å². The normalized spacial score (nSPS) is 20.0. The molecule has 1 fully saturated rings. The predicted octanol–water partition coefficient (Wildman–Crippen LogP) is 9.40. The van der Waals surface area contributed by atoms with Crippen LogP contribution in [-0.2, 0) is 30.3 Å². The van der Waals surface area contributed by atoms with E-state index in [0.717, 1.165) is 55.4 Å². The van der Waals surface area contributed by atoms with Crippen LogP contribution in [0.2, 0.25) is 0 Å². The number of pyridine rings is 1. The number of ketones is 1. The van der Waals surface area contributed by atoms with Gasteiger partial charge >= 0.3 is 0 Å². The molecule has 0 saturated heterocycles. The Hall–Kier alpha value is -2.29. The SMILES string of the molecule is CC(C)(C)c1ccc2cc(-c3[c-]cccc3)ncc2c1.CCC1(CC)CCC2CCC(C)(C)C(=O)C2=C1O.[Ir]. The molecule has 3 nitrogen and oxygen atoms in total. The van der Waals surface area contributed by atoms with E-state index in [0.29, 0.717) is 11.7 Å². The van der Waals surface area contributed by atoms with Crippen molar-refractivity contribution in [1.29, 1.82) is 0 Å². The average Bonchev–Trinajstić information content (AvgIpc) is 2.91. The summed E-state index contributed by atoms with van der Waals surface area (Å²) in [6.07, 6.45) is 7.94. The van der Waals surface area contributed by atoms with Gasteiger partial charge in [-0.2, -0.15) is 0 Å². The minimum atomic E-state index is -0.287. The second-order valence-corrected chi connectivity index (χ2v) is 12.9. The van der Waals surface area contributed by atoms with E-state index < -0.39 is 0 Å². The molecule has 39 heavy (non-hydrogen) atoms. The number of carbonyl (C=O) groups is 1. The van der Waals surface area contributed by atoms with Gasteiger partial charge in [0.05, 0.1) is 0 Å². The molecule has 0 bridgehead atoms. The molecule has 2 aromatic carbocycles. The number of aromatic nitrogens is 1. The molecule has 1 aromatic heterocycles. The van der Waals surface area contributed by atoms with Crippen molar-refractivity contribution in [3.63, 3.8) is 0 Å². The fourth-order valence-corrected chi connectivity index (χ4v) is 6.03. The van der Waals surface area contributed by atoms with Gasteiger partial charge in [0, 0.05) is 42.7 Å². The van der Waals surface area contributed by atoms with E-state index in [1.165, 1.54) is 16.3 Å². The molecular formula is C35H44IrNO2-. The van der Waals surface area contributed by atoms with Crippen LogP contribution < -0.4 is 0 Å². The van der Waals surface area contributed by atoms with Gasteiger partial charge in [0.15, 0.2) is 5.78 Å². The number of aliphatic hydroxyl groups is 1. The first-order valence-electron chi connectivity index (χ1n) is 14.3. The van der Waals surface area contributed by atoms with E-state index in [2.05, 4.69) is 69.9 Å². The van der Waals surface area contributed by atoms with E-state index in [9.17, 15) is 9.90 Å². The van der Waals surface area contributed by atoms with Crippen molar-refractivity contribution in [1.82, 2.24) is 4.98 Å². The van der Waals surface area contributed by atoms with E-state index in [4.69, 9.17) is 0 Å². The van der Waals surface area contributed by atoms with E-state index >= 15 is 0 Å². The number of benzene rings is 2. The summed E-state index contributed by atoms with van der Waals surface area (Å²) in [5, 5.41) is 13.1. The molecule has 1 unspecified atom stereocenters. The van der Waals surface area contributed by atoms with Crippen molar-refractivity contribution in [2.24, 2.45) is 16.7 Å². The number of Topliss-reactive ketones (excluding diaryl/α,β-unsaturated/α-hetero) is 1. The molecule has 4 heteroatoms. The first kappa shape index (κ1) is 31.2. The van der Waals surface area contributed by atoms with Gasteiger partial charge < -0.3 is 10.1 Å². The first-order valence-corrected chi connectivity index (χ1v) is 14.3. The smallest absolute Gasteiger partial charge is 0.168 e. The summed E-state index contributed by atoms with van der Waals surface area (Å²) in [7, 11) is 0. The Balaban J connectivity index is 0.000000211. The molecule has 1 N–H and O–H groups in total. The van der Waals surface area contributed by atoms with Crippen LogP contribution in [0.5, 0.6) is 0 Å². The van der Waals surface area contributed by atoms with Gasteiger partial charge in [0.25, 0.3) is 0 Å². The summed E-state index contributed by atoms with van der Waals surface area (Å²) in [6.45, 7) is 15.0. The number of rotatable bonds is 3. The Morgan fingerprint density at radius 3 is 2.31 bits per heavy atom. The number of hydrogen-bond acceptors (Lipinski definition) is 3. The maximum atomic E-state index is 12.6. The molecule has 5 rings (SSSR count). The zero-order chi connectivity index (χ0) is 27.7. The summed E-state index contributed by atoms with van der Waals surface area (Å²) in [5.74, 6) is 0.945. The number of carbonyl (C=O) groups excluding carboxylic acids is 1. The van der Waals surface area contributed by atoms with Crippen molar-refractivity contribution < 1.29 is 30.0 Å². The Kier molecular flexibility index (Phi) is 9.67. The molecule has 3 aromatic rings. The van der Waals surface area contributed by atoms with Crippen molar-refractivity contribution in [3.05, 3.63) is 77.7 Å². The van der Waals surface area contributed by atoms with Crippen LogP contribution in [0.15, 0.2) is 66.1 Å². The van der Waals surface area contributed by atoms with E-state index in [1.807, 2.05) is 44.3 Å². The standard InChI is InChI=1S/C19H18N.C16H26O2.Ir/c1-19(2,3)17-10-9-15-12-18(20-13-16(15)11-17)14-7-5-4-6-8-14;1-5-16(6-2)10-8-11-7-9-15(3,4)13(17)12(11)14(16)18;/h4-7,9-13H,1-3H3;11,18H,5-10H2,1-4H3;/q-1;;. The van der Waals surface area contributed by atoms with E-state index in [1.54, 1.807) is 0 Å². The van der Waals surface area contributed by atoms with Gasteiger partial charge in [0.1, 0.15) is 5.76 Å². The van der Waals surface area contributed by atoms with Crippen LogP contribution in [0.25, 0.3) is 22.0 Å². The largest absolute Gasteiger partial charge is 0.511 e. The number of fused-ring (bicyclic) bond motifs is 2. The summed E-state index contributed by atoms with van der Waals surface area (Å²) in [5.41, 5.74) is 3.88. The summed E-state index contributed by atoms with van der Waals surface area (Å²) >= 11 is 0. The first-order chi connectivity index (χ1) is 17.9. The zero-order valence-electron chi connectivity index (χ0n) is 24.7. The molecule has 2 aliphatic rings. The molecule has 1 radical (unpaired) electrons. The Morgan fingerprint density at radius 1 is 1.00 bits per heavy atom. The third kappa shape index (κ3) is 6.39. The fourth-order valence-electron chi connectivity index (χ4n) is 6.03. The summed E-state index contributed by atoms with van der Waals surface area (Å²) in [4.78, 5) is 17.2. The maximum absolute atomic E-state index is 12.6. The second kappa shape index (κ2) is 12.1. The van der Waals surface area contributed by atoms with Gasteiger partial charge in [-0.15, -0.1) is 35.9 Å². The third-order valence-electron chi connectivity index (χ3n) is 9.04. The summed E-state index contributed by atoms with van der Waals surface area (Å²) in [6, 6.07) is 19.9. The number of allylic oxidation sites excluding steroid dienone is 2. The molecule has 0 amide bonds. The Morgan fingerprint density at radius 2 is 1.69 bits per heavy atom. The van der Waals surface area contributed by atoms with Crippen molar-refractivity contribution in [3.8, 4) is 11.3 Å². The van der Waals surface area contributed by atoms with Crippen LogP contribution >= 0.6 is 0 Å². The zero-order valence-corrected chi connectivity index (χ0v) is 27.0. The average molecular weight is 703 g/mol. The molecule has 211 valence electrons. The minimum Gasteiger partial charge on any atom is -0.511 e. The Labute approximate surface area is 248 Å². The predicted molar refractivity (Wildman–Crippen MR) is 158 cm³/mol. The third-order valence-corrected chi connectivity index (χ3v) is 9.04. The maximum Gasteiger partial charge on any atom is 0.168 e. The number of aliphatic hydroxyl groups excluding tert-OH is 1. The van der Waals surface area contributed by atoms with Gasteiger partial charge in [-0.25, -0.2) is 0 Å². The summed E-state index contributed by atoms with van der Waals surface area (Å²) < 4.78 is 0. The van der Waals surface area contributed by atoms with Crippen LogP contribution in [0.1, 0.15) is 92.6 Å². The number of nitrogens with zero attached hydrogens (tertiary/aromatic N) is 1. The van der Waals surface area contributed by atoms with Crippen LogP contribution in [0, 0.1) is 22.8 Å². The van der Waals surface area contributed by atoms with Gasteiger partial charge in [-0.1, -0.05) is 66.7 Å². The Bertz CT molecular complexity index is 1330. The van der Waals surface area contributed by atoms with Crippen LogP contribution in [0.4, 0.5) is 0 Å². The van der Waals surface area contributed by atoms with Crippen LogP contribution in [-0.4, -0.2) is 15.9 Å². The molecule has 0 aliphatic heterocycles. The molecule has 1 saturated carbocycles. The fraction of sp³-hybridized carbons (Fsp3) is 0.486. The van der Waals surface area contributed by atoms with E-state index in [-0.39, 0.29) is 42.1 Å². The molecule has 0 spiro atoms. The molecule has 1 atom stereocenters. The van der Waals surface area contributed by atoms with Crippen molar-refractivity contribution >= 4 is 16.6 Å². The molecular weight excluding hydrogens is 659 g/mol. The van der Waals surface area contributed by atoms with Gasteiger partial charge in [-0.3, -0.25) is 4.79 Å². The molecule has 2 aliphatic carbocycles. The number of hydrogen-bond donors (Lipinski definition) is 1. The quantitative estimate of drug-likeness (QED) is 0.277. The minimum absolute atomic E-state index is 0. The van der Waals surface area contributed by atoms with Gasteiger partial charge in [0.2, 0.25) is 0 Å².